The van der Waals surface area contributed by atoms with E-state index in [4.69, 9.17) is 0 Å². The van der Waals surface area contributed by atoms with Crippen LogP contribution < -0.4 is 5.32 Å². The first-order valence-corrected chi connectivity index (χ1v) is 6.14. The zero-order valence-corrected chi connectivity index (χ0v) is 11.3. The number of benzene rings is 1. The molecule has 1 atom stereocenters. The Morgan fingerprint density at radius 2 is 1.94 bits per heavy atom. The van der Waals surface area contributed by atoms with Crippen LogP contribution >= 0.6 is 0 Å². The van der Waals surface area contributed by atoms with E-state index in [0.717, 1.165) is 0 Å². The summed E-state index contributed by atoms with van der Waals surface area (Å²) in [5.41, 5.74) is -1.50. The van der Waals surface area contributed by atoms with Gasteiger partial charge in [0.25, 0.3) is 0 Å². The van der Waals surface area contributed by atoms with E-state index in [1.54, 1.807) is 6.92 Å². The van der Waals surface area contributed by atoms with Gasteiger partial charge in [0.2, 0.25) is 0 Å². The fourth-order valence-corrected chi connectivity index (χ4v) is 1.84. The maximum atomic E-state index is 13.9. The molecule has 0 spiro atoms. The Hall–Kier alpha value is -1.00. The minimum absolute atomic E-state index is 0.114. The van der Waals surface area contributed by atoms with Gasteiger partial charge in [-0.1, -0.05) is 19.9 Å². The maximum Gasteiger partial charge on any atom is 0.135 e. The van der Waals surface area contributed by atoms with Crippen molar-refractivity contribution in [3.63, 3.8) is 0 Å². The first-order valence-electron chi connectivity index (χ1n) is 6.14. The average Bonchev–Trinajstić information content (AvgIpc) is 2.23. The van der Waals surface area contributed by atoms with Crippen molar-refractivity contribution < 1.29 is 13.9 Å². The van der Waals surface area contributed by atoms with Gasteiger partial charge in [0.1, 0.15) is 17.2 Å². The molecule has 0 aliphatic carbocycles. The molecule has 0 amide bonds. The Bertz CT molecular complexity index is 417. The number of aryl methyl sites for hydroxylation is 1. The molecule has 1 rings (SSSR count). The number of hydrogen-bond acceptors (Lipinski definition) is 2. The number of halogens is 2. The number of rotatable bonds is 5. The van der Waals surface area contributed by atoms with E-state index in [2.05, 4.69) is 5.32 Å². The van der Waals surface area contributed by atoms with Crippen LogP contribution in [0.1, 0.15) is 31.9 Å². The monoisotopic (exact) mass is 257 g/mol. The Balaban J connectivity index is 2.94. The number of nitrogens with one attached hydrogen (secondary N) is 1. The van der Waals surface area contributed by atoms with E-state index in [1.165, 1.54) is 19.1 Å². The lowest BCUT2D eigenvalue weighted by Crippen LogP contribution is -2.38. The zero-order chi connectivity index (χ0) is 13.9. The molecule has 0 saturated heterocycles. The van der Waals surface area contributed by atoms with Crippen molar-refractivity contribution >= 4 is 0 Å². The topological polar surface area (TPSA) is 32.3 Å². The molecule has 18 heavy (non-hydrogen) atoms. The predicted octanol–water partition coefficient (Wildman–Crippen LogP) is 2.73. The van der Waals surface area contributed by atoms with Crippen LogP contribution in [0, 0.1) is 24.5 Å². The standard InChI is InChI=1S/C14H21F2NO/c1-9(2)7-17-8-14(4,18)12-11(15)6-5-10(3)13(12)16/h5-6,9,17-18H,7-8H2,1-4H3. The summed E-state index contributed by atoms with van der Waals surface area (Å²) in [5, 5.41) is 13.3. The van der Waals surface area contributed by atoms with Crippen molar-refractivity contribution in [2.75, 3.05) is 13.1 Å². The first-order chi connectivity index (χ1) is 8.25. The van der Waals surface area contributed by atoms with Crippen LogP contribution in [-0.4, -0.2) is 18.2 Å². The van der Waals surface area contributed by atoms with Crippen LogP contribution in [0.4, 0.5) is 8.78 Å². The number of aliphatic hydroxyl groups is 1. The smallest absolute Gasteiger partial charge is 0.135 e. The van der Waals surface area contributed by atoms with Crippen molar-refractivity contribution in [1.82, 2.24) is 5.32 Å². The molecule has 102 valence electrons. The summed E-state index contributed by atoms with van der Waals surface area (Å²) < 4.78 is 27.6. The van der Waals surface area contributed by atoms with Crippen molar-refractivity contribution in [1.29, 1.82) is 0 Å². The van der Waals surface area contributed by atoms with Gasteiger partial charge in [-0.2, -0.15) is 0 Å². The third-order valence-corrected chi connectivity index (χ3v) is 2.84. The van der Waals surface area contributed by atoms with E-state index in [-0.39, 0.29) is 12.1 Å². The molecule has 4 heteroatoms. The summed E-state index contributed by atoms with van der Waals surface area (Å²) in [4.78, 5) is 0. The maximum absolute atomic E-state index is 13.9. The van der Waals surface area contributed by atoms with Crippen molar-refractivity contribution in [3.8, 4) is 0 Å². The second-order valence-electron chi connectivity index (χ2n) is 5.35. The molecular formula is C14H21F2NO. The highest BCUT2D eigenvalue weighted by Gasteiger charge is 2.30. The fraction of sp³-hybridized carbons (Fsp3) is 0.571. The van der Waals surface area contributed by atoms with Gasteiger partial charge in [-0.05, 0) is 37.9 Å². The molecule has 0 saturated carbocycles. The molecule has 0 fully saturated rings. The van der Waals surface area contributed by atoms with Gasteiger partial charge in [-0.25, -0.2) is 8.78 Å². The highest BCUT2D eigenvalue weighted by molar-refractivity contribution is 5.31. The summed E-state index contributed by atoms with van der Waals surface area (Å²) in [6.45, 7) is 7.82. The average molecular weight is 257 g/mol. The molecule has 1 aromatic carbocycles. The molecule has 0 radical (unpaired) electrons. The summed E-state index contributed by atoms with van der Waals surface area (Å²) in [7, 11) is 0. The minimum Gasteiger partial charge on any atom is -0.384 e. The van der Waals surface area contributed by atoms with Gasteiger partial charge in [0.15, 0.2) is 0 Å². The van der Waals surface area contributed by atoms with Gasteiger partial charge < -0.3 is 10.4 Å². The molecule has 0 aliphatic rings. The molecule has 1 aromatic rings. The SMILES string of the molecule is Cc1ccc(F)c(C(C)(O)CNCC(C)C)c1F. The molecule has 2 nitrogen and oxygen atoms in total. The molecule has 0 heterocycles. The largest absolute Gasteiger partial charge is 0.384 e. The Morgan fingerprint density at radius 1 is 1.33 bits per heavy atom. The molecule has 0 aliphatic heterocycles. The Kier molecular flexibility index (Phi) is 4.82. The van der Waals surface area contributed by atoms with Crippen LogP contribution in [-0.2, 0) is 5.60 Å². The third-order valence-electron chi connectivity index (χ3n) is 2.84. The van der Waals surface area contributed by atoms with Crippen LogP contribution in [0.5, 0.6) is 0 Å². The fourth-order valence-electron chi connectivity index (χ4n) is 1.84. The lowest BCUT2D eigenvalue weighted by molar-refractivity contribution is 0.0486. The summed E-state index contributed by atoms with van der Waals surface area (Å²) >= 11 is 0. The van der Waals surface area contributed by atoms with Crippen LogP contribution in [0.25, 0.3) is 0 Å². The van der Waals surface area contributed by atoms with Gasteiger partial charge in [-0.15, -0.1) is 0 Å². The van der Waals surface area contributed by atoms with E-state index < -0.39 is 17.2 Å². The van der Waals surface area contributed by atoms with Crippen LogP contribution in [0.2, 0.25) is 0 Å². The van der Waals surface area contributed by atoms with Crippen molar-refractivity contribution in [3.05, 3.63) is 34.9 Å². The molecular weight excluding hydrogens is 236 g/mol. The molecule has 2 N–H and O–H groups in total. The van der Waals surface area contributed by atoms with E-state index in [1.807, 2.05) is 13.8 Å². The summed E-state index contributed by atoms with van der Waals surface area (Å²) in [6, 6.07) is 2.55. The third kappa shape index (κ3) is 3.50. The van der Waals surface area contributed by atoms with E-state index >= 15 is 0 Å². The quantitative estimate of drug-likeness (QED) is 0.850. The minimum atomic E-state index is -1.56. The Labute approximate surface area is 107 Å². The second-order valence-corrected chi connectivity index (χ2v) is 5.35. The number of hydrogen-bond donors (Lipinski definition) is 2. The van der Waals surface area contributed by atoms with Crippen LogP contribution in [0.15, 0.2) is 12.1 Å². The van der Waals surface area contributed by atoms with Gasteiger partial charge in [0, 0.05) is 6.54 Å². The van der Waals surface area contributed by atoms with Crippen molar-refractivity contribution in [2.24, 2.45) is 5.92 Å². The molecule has 0 aromatic heterocycles. The Morgan fingerprint density at radius 3 is 2.50 bits per heavy atom. The molecule has 0 bridgehead atoms. The van der Waals surface area contributed by atoms with Gasteiger partial charge >= 0.3 is 0 Å². The normalized spacial score (nSPS) is 14.9. The first kappa shape index (κ1) is 15.1. The molecule has 1 unspecified atom stereocenters. The lowest BCUT2D eigenvalue weighted by atomic mass is 9.93. The second kappa shape index (κ2) is 5.76. The van der Waals surface area contributed by atoms with E-state index in [9.17, 15) is 13.9 Å². The summed E-state index contributed by atoms with van der Waals surface area (Å²) in [5.74, 6) is -0.978. The highest BCUT2D eigenvalue weighted by atomic mass is 19.1. The van der Waals surface area contributed by atoms with Gasteiger partial charge in [0.05, 0.1) is 5.56 Å². The lowest BCUT2D eigenvalue weighted by Gasteiger charge is -2.26. The predicted molar refractivity (Wildman–Crippen MR) is 68.4 cm³/mol. The van der Waals surface area contributed by atoms with Gasteiger partial charge in [-0.3, -0.25) is 0 Å². The van der Waals surface area contributed by atoms with Crippen LogP contribution in [0.3, 0.4) is 0 Å². The van der Waals surface area contributed by atoms with E-state index in [0.29, 0.717) is 18.0 Å². The summed E-state index contributed by atoms with van der Waals surface area (Å²) in [6.07, 6.45) is 0. The highest BCUT2D eigenvalue weighted by Crippen LogP contribution is 2.27. The zero-order valence-electron chi connectivity index (χ0n) is 11.3. The van der Waals surface area contributed by atoms with Crippen molar-refractivity contribution in [2.45, 2.75) is 33.3 Å².